The summed E-state index contributed by atoms with van der Waals surface area (Å²) in [5.74, 6) is 5.26. The molecule has 0 spiro atoms. The molecule has 0 saturated carbocycles. The summed E-state index contributed by atoms with van der Waals surface area (Å²) >= 11 is 0. The Labute approximate surface area is 143 Å². The first-order valence-corrected chi connectivity index (χ1v) is 7.48. The van der Waals surface area contributed by atoms with Crippen LogP contribution in [0.5, 0.6) is 0 Å². The lowest BCUT2D eigenvalue weighted by Crippen LogP contribution is -2.24. The van der Waals surface area contributed by atoms with Crippen molar-refractivity contribution in [2.75, 3.05) is 6.54 Å². The SMILES string of the molecule is Cc1c(C#CCNC(=O)OCc2ccccc2)cccc1C(F)(F)F. The van der Waals surface area contributed by atoms with E-state index in [2.05, 4.69) is 17.2 Å². The number of amides is 1. The van der Waals surface area contributed by atoms with Crippen molar-refractivity contribution < 1.29 is 22.7 Å². The fraction of sp³-hybridized carbons (Fsp3) is 0.211. The van der Waals surface area contributed by atoms with E-state index in [0.717, 1.165) is 11.6 Å². The first kappa shape index (κ1) is 18.4. The van der Waals surface area contributed by atoms with Crippen molar-refractivity contribution in [3.63, 3.8) is 0 Å². The highest BCUT2D eigenvalue weighted by Crippen LogP contribution is 2.32. The van der Waals surface area contributed by atoms with Gasteiger partial charge in [0.2, 0.25) is 0 Å². The van der Waals surface area contributed by atoms with Gasteiger partial charge in [0.1, 0.15) is 6.61 Å². The van der Waals surface area contributed by atoms with Crippen molar-refractivity contribution in [3.8, 4) is 11.8 Å². The Hall–Kier alpha value is -2.94. The molecule has 0 radical (unpaired) electrons. The molecule has 0 atom stereocenters. The molecule has 2 aromatic rings. The smallest absolute Gasteiger partial charge is 0.416 e. The summed E-state index contributed by atoms with van der Waals surface area (Å²) < 4.78 is 43.5. The van der Waals surface area contributed by atoms with Gasteiger partial charge in [-0.2, -0.15) is 13.2 Å². The number of rotatable bonds is 3. The molecule has 130 valence electrons. The largest absolute Gasteiger partial charge is 0.445 e. The average Bonchev–Trinajstić information content (AvgIpc) is 2.58. The Bertz CT molecular complexity index is 790. The first-order valence-electron chi connectivity index (χ1n) is 7.48. The topological polar surface area (TPSA) is 38.3 Å². The van der Waals surface area contributed by atoms with Gasteiger partial charge < -0.3 is 10.1 Å². The molecule has 0 unspecified atom stereocenters. The number of nitrogens with one attached hydrogen (secondary N) is 1. The normalized spacial score (nSPS) is 10.6. The lowest BCUT2D eigenvalue weighted by atomic mass is 10.0. The minimum atomic E-state index is -4.42. The van der Waals surface area contributed by atoms with E-state index < -0.39 is 17.8 Å². The number of hydrogen-bond acceptors (Lipinski definition) is 2. The van der Waals surface area contributed by atoms with Gasteiger partial charge in [-0.05, 0) is 30.2 Å². The Morgan fingerprint density at radius 1 is 1.12 bits per heavy atom. The van der Waals surface area contributed by atoms with Gasteiger partial charge in [0, 0.05) is 5.56 Å². The van der Waals surface area contributed by atoms with Gasteiger partial charge in [0.25, 0.3) is 0 Å². The molecule has 0 saturated heterocycles. The number of benzene rings is 2. The van der Waals surface area contributed by atoms with E-state index in [9.17, 15) is 18.0 Å². The molecule has 25 heavy (non-hydrogen) atoms. The van der Waals surface area contributed by atoms with E-state index >= 15 is 0 Å². The van der Waals surface area contributed by atoms with Gasteiger partial charge in [0.05, 0.1) is 12.1 Å². The number of alkyl halides is 3. The van der Waals surface area contributed by atoms with E-state index in [-0.39, 0.29) is 24.3 Å². The van der Waals surface area contributed by atoms with Gasteiger partial charge in [-0.3, -0.25) is 0 Å². The summed E-state index contributed by atoms with van der Waals surface area (Å²) in [5.41, 5.74) is 0.473. The van der Waals surface area contributed by atoms with Crippen LogP contribution in [-0.2, 0) is 17.5 Å². The van der Waals surface area contributed by atoms with E-state index in [1.54, 1.807) is 0 Å². The number of halogens is 3. The Morgan fingerprint density at radius 3 is 2.52 bits per heavy atom. The van der Waals surface area contributed by atoms with Crippen LogP contribution in [0, 0.1) is 18.8 Å². The average molecular weight is 347 g/mol. The molecule has 1 amide bonds. The molecule has 0 heterocycles. The van der Waals surface area contributed by atoms with Crippen molar-refractivity contribution in [2.24, 2.45) is 0 Å². The van der Waals surface area contributed by atoms with E-state index in [1.165, 1.54) is 19.1 Å². The van der Waals surface area contributed by atoms with Gasteiger partial charge in [-0.1, -0.05) is 48.2 Å². The van der Waals surface area contributed by atoms with Crippen LogP contribution < -0.4 is 5.32 Å². The second-order valence-corrected chi connectivity index (χ2v) is 5.19. The lowest BCUT2D eigenvalue weighted by molar-refractivity contribution is -0.138. The van der Waals surface area contributed by atoms with Crippen LogP contribution in [0.2, 0.25) is 0 Å². The molecule has 0 aromatic heterocycles. The third-order valence-electron chi connectivity index (χ3n) is 3.40. The lowest BCUT2D eigenvalue weighted by Gasteiger charge is -2.10. The molecule has 0 bridgehead atoms. The fourth-order valence-electron chi connectivity index (χ4n) is 2.11. The van der Waals surface area contributed by atoms with Gasteiger partial charge in [-0.25, -0.2) is 4.79 Å². The fourth-order valence-corrected chi connectivity index (χ4v) is 2.11. The van der Waals surface area contributed by atoms with Crippen molar-refractivity contribution in [1.29, 1.82) is 0 Å². The second-order valence-electron chi connectivity index (χ2n) is 5.19. The molecular formula is C19H16F3NO2. The first-order chi connectivity index (χ1) is 11.9. The molecule has 3 nitrogen and oxygen atoms in total. The van der Waals surface area contributed by atoms with Gasteiger partial charge >= 0.3 is 12.3 Å². The number of hydrogen-bond donors (Lipinski definition) is 1. The highest BCUT2D eigenvalue weighted by atomic mass is 19.4. The third-order valence-corrected chi connectivity index (χ3v) is 3.40. The molecule has 0 aliphatic rings. The van der Waals surface area contributed by atoms with Crippen LogP contribution in [0.4, 0.5) is 18.0 Å². The van der Waals surface area contributed by atoms with Gasteiger partial charge in [-0.15, -0.1) is 0 Å². The predicted octanol–water partition coefficient (Wildman–Crippen LogP) is 4.29. The maximum absolute atomic E-state index is 12.8. The maximum atomic E-state index is 12.8. The van der Waals surface area contributed by atoms with Crippen LogP contribution in [0.25, 0.3) is 0 Å². The summed E-state index contributed by atoms with van der Waals surface area (Å²) in [7, 11) is 0. The van der Waals surface area contributed by atoms with Gasteiger partial charge in [0.15, 0.2) is 0 Å². The highest BCUT2D eigenvalue weighted by molar-refractivity contribution is 5.67. The zero-order chi connectivity index (χ0) is 18.3. The Kier molecular flexibility index (Phi) is 6.07. The van der Waals surface area contributed by atoms with Crippen LogP contribution in [-0.4, -0.2) is 12.6 Å². The monoisotopic (exact) mass is 347 g/mol. The van der Waals surface area contributed by atoms with Crippen molar-refractivity contribution in [1.82, 2.24) is 5.32 Å². The summed E-state index contributed by atoms with van der Waals surface area (Å²) in [6.07, 6.45) is -5.06. The minimum absolute atomic E-state index is 0.0245. The summed E-state index contributed by atoms with van der Waals surface area (Å²) in [5, 5.41) is 2.43. The Balaban J connectivity index is 1.87. The molecule has 1 N–H and O–H groups in total. The predicted molar refractivity (Wildman–Crippen MR) is 87.7 cm³/mol. The van der Waals surface area contributed by atoms with E-state index in [4.69, 9.17) is 4.74 Å². The minimum Gasteiger partial charge on any atom is -0.445 e. The molecular weight excluding hydrogens is 331 g/mol. The van der Waals surface area contributed by atoms with Crippen LogP contribution in [0.15, 0.2) is 48.5 Å². The summed E-state index contributed by atoms with van der Waals surface area (Å²) in [6, 6.07) is 13.0. The van der Waals surface area contributed by atoms with Crippen molar-refractivity contribution in [3.05, 3.63) is 70.8 Å². The third kappa shape index (κ3) is 5.57. The van der Waals surface area contributed by atoms with Crippen LogP contribution in [0.1, 0.15) is 22.3 Å². The molecule has 0 aliphatic heterocycles. The standard InChI is InChI=1S/C19H16F3NO2/c1-14-16(9-5-11-17(14)19(20,21)22)10-6-12-23-18(24)25-13-15-7-3-2-4-8-15/h2-5,7-9,11H,12-13H2,1H3,(H,23,24). The van der Waals surface area contributed by atoms with Crippen molar-refractivity contribution in [2.45, 2.75) is 19.7 Å². The summed E-state index contributed by atoms with van der Waals surface area (Å²) in [6.45, 7) is 1.48. The zero-order valence-corrected chi connectivity index (χ0v) is 13.5. The molecule has 2 rings (SSSR count). The van der Waals surface area contributed by atoms with Crippen LogP contribution >= 0.6 is 0 Å². The van der Waals surface area contributed by atoms with Crippen LogP contribution in [0.3, 0.4) is 0 Å². The maximum Gasteiger partial charge on any atom is 0.416 e. The van der Waals surface area contributed by atoms with Crippen molar-refractivity contribution >= 4 is 6.09 Å². The van der Waals surface area contributed by atoms with E-state index in [1.807, 2.05) is 30.3 Å². The second kappa shape index (κ2) is 8.25. The molecule has 0 aliphatic carbocycles. The zero-order valence-electron chi connectivity index (χ0n) is 13.5. The Morgan fingerprint density at radius 2 is 1.84 bits per heavy atom. The molecule has 2 aromatic carbocycles. The molecule has 6 heteroatoms. The summed E-state index contributed by atoms with van der Waals surface area (Å²) in [4.78, 5) is 11.5. The molecule has 0 fully saturated rings. The number of carbonyl (C=O) groups is 1. The van der Waals surface area contributed by atoms with E-state index in [0.29, 0.717) is 0 Å². The number of carbonyl (C=O) groups excluding carboxylic acids is 1. The number of ether oxygens (including phenoxy) is 1. The highest BCUT2D eigenvalue weighted by Gasteiger charge is 2.32. The quantitative estimate of drug-likeness (QED) is 0.841. The number of alkyl carbamates (subject to hydrolysis) is 1.